The van der Waals surface area contributed by atoms with Gasteiger partial charge in [0, 0.05) is 39.7 Å². The SMILES string of the molecule is C=CC(=C\C=C/N)/C(/C=C\C)=C/C(=C)c1cc(-c2ccc(-c3c4ccccc4nc4c3ccc3ccccc34)cc2)cc(-c2cccc(-c3cccnc3)c2)c1. The minimum atomic E-state index is 0.882. The third-order valence-electron chi connectivity index (χ3n) is 10.2. The van der Waals surface area contributed by atoms with Crippen LogP contribution in [0.1, 0.15) is 12.5 Å². The van der Waals surface area contributed by atoms with Gasteiger partial charge in [0.25, 0.3) is 0 Å². The van der Waals surface area contributed by atoms with Gasteiger partial charge in [-0.05, 0) is 123 Å². The molecule has 0 radical (unpaired) electrons. The molecular formula is C53H41N3. The fourth-order valence-corrected chi connectivity index (χ4v) is 7.44. The molecule has 6 aromatic carbocycles. The Hall–Kier alpha value is -7.36. The lowest BCUT2D eigenvalue weighted by atomic mass is 9.90. The molecule has 0 fully saturated rings. The van der Waals surface area contributed by atoms with Gasteiger partial charge in [0.15, 0.2) is 0 Å². The van der Waals surface area contributed by atoms with Gasteiger partial charge in [-0.2, -0.15) is 0 Å². The van der Waals surface area contributed by atoms with E-state index in [9.17, 15) is 0 Å². The van der Waals surface area contributed by atoms with E-state index in [1.54, 1.807) is 6.20 Å². The van der Waals surface area contributed by atoms with E-state index >= 15 is 0 Å². The number of benzene rings is 6. The zero-order valence-corrected chi connectivity index (χ0v) is 31.4. The van der Waals surface area contributed by atoms with Crippen LogP contribution in [0.3, 0.4) is 0 Å². The molecule has 2 N–H and O–H groups in total. The predicted molar refractivity (Wildman–Crippen MR) is 240 cm³/mol. The number of hydrogen-bond acceptors (Lipinski definition) is 3. The lowest BCUT2D eigenvalue weighted by molar-refractivity contribution is 1.33. The van der Waals surface area contributed by atoms with Gasteiger partial charge in [0.2, 0.25) is 0 Å². The fraction of sp³-hybridized carbons (Fsp3) is 0.0189. The van der Waals surface area contributed by atoms with Crippen molar-refractivity contribution in [2.75, 3.05) is 0 Å². The molecule has 3 nitrogen and oxygen atoms in total. The second kappa shape index (κ2) is 15.9. The molecule has 0 spiro atoms. The monoisotopic (exact) mass is 719 g/mol. The number of pyridine rings is 2. The first-order valence-corrected chi connectivity index (χ1v) is 18.8. The van der Waals surface area contributed by atoms with Crippen LogP contribution in [-0.2, 0) is 0 Å². The predicted octanol–water partition coefficient (Wildman–Crippen LogP) is 13.7. The number of para-hydroxylation sites is 1. The maximum Gasteiger partial charge on any atom is 0.0794 e. The lowest BCUT2D eigenvalue weighted by Gasteiger charge is -2.15. The van der Waals surface area contributed by atoms with Crippen molar-refractivity contribution in [2.24, 2.45) is 5.73 Å². The van der Waals surface area contributed by atoms with Crippen molar-refractivity contribution in [3.63, 3.8) is 0 Å². The first-order valence-electron chi connectivity index (χ1n) is 18.8. The van der Waals surface area contributed by atoms with E-state index in [4.69, 9.17) is 10.7 Å². The average molecular weight is 720 g/mol. The van der Waals surface area contributed by atoms with Crippen LogP contribution >= 0.6 is 0 Å². The number of aromatic nitrogens is 2. The molecule has 0 aliphatic carbocycles. The van der Waals surface area contributed by atoms with Crippen LogP contribution in [0.5, 0.6) is 0 Å². The quantitative estimate of drug-likeness (QED) is 0.0870. The van der Waals surface area contributed by atoms with Gasteiger partial charge < -0.3 is 5.73 Å². The second-order valence-corrected chi connectivity index (χ2v) is 13.7. The molecule has 8 aromatic rings. The summed E-state index contributed by atoms with van der Waals surface area (Å²) in [6, 6.07) is 49.7. The first-order chi connectivity index (χ1) is 27.5. The van der Waals surface area contributed by atoms with Crippen LogP contribution in [0.15, 0.2) is 219 Å². The van der Waals surface area contributed by atoms with Crippen molar-refractivity contribution in [3.05, 3.63) is 224 Å². The number of allylic oxidation sites excluding steroid dienone is 9. The van der Waals surface area contributed by atoms with Gasteiger partial charge in [-0.3, -0.25) is 4.98 Å². The zero-order valence-electron chi connectivity index (χ0n) is 31.4. The van der Waals surface area contributed by atoms with E-state index in [2.05, 4.69) is 164 Å². The molecule has 268 valence electrons. The Morgan fingerprint density at radius 2 is 1.32 bits per heavy atom. The summed E-state index contributed by atoms with van der Waals surface area (Å²) in [7, 11) is 0. The van der Waals surface area contributed by atoms with Gasteiger partial charge in [0.1, 0.15) is 0 Å². The molecule has 3 heteroatoms. The van der Waals surface area contributed by atoms with E-state index in [0.29, 0.717) is 0 Å². The van der Waals surface area contributed by atoms with Gasteiger partial charge in [-0.15, -0.1) is 0 Å². The second-order valence-electron chi connectivity index (χ2n) is 13.7. The molecule has 0 aliphatic rings. The van der Waals surface area contributed by atoms with Crippen LogP contribution < -0.4 is 5.73 Å². The Morgan fingerprint density at radius 1 is 0.625 bits per heavy atom. The average Bonchev–Trinajstić information content (AvgIpc) is 3.26. The molecule has 0 unspecified atom stereocenters. The maximum absolute atomic E-state index is 5.68. The maximum atomic E-state index is 5.68. The van der Waals surface area contributed by atoms with Crippen molar-refractivity contribution in [3.8, 4) is 44.5 Å². The van der Waals surface area contributed by atoms with Crippen molar-refractivity contribution in [1.82, 2.24) is 9.97 Å². The molecule has 2 aromatic heterocycles. The number of fused-ring (bicyclic) bond motifs is 4. The normalized spacial score (nSPS) is 12.3. The van der Waals surface area contributed by atoms with Crippen LogP contribution in [0.2, 0.25) is 0 Å². The third-order valence-corrected chi connectivity index (χ3v) is 10.2. The van der Waals surface area contributed by atoms with Crippen LogP contribution in [0.25, 0.3) is 82.7 Å². The summed E-state index contributed by atoms with van der Waals surface area (Å²) in [5.74, 6) is 0. The van der Waals surface area contributed by atoms with Gasteiger partial charge in [0.05, 0.1) is 11.0 Å². The number of nitrogens with zero attached hydrogens (tertiary/aromatic N) is 2. The number of nitrogens with two attached hydrogens (primary N) is 1. The molecule has 0 saturated heterocycles. The molecule has 0 atom stereocenters. The largest absolute Gasteiger partial charge is 0.405 e. The first kappa shape index (κ1) is 35.7. The Morgan fingerprint density at radius 3 is 2.07 bits per heavy atom. The van der Waals surface area contributed by atoms with Gasteiger partial charge in [-0.25, -0.2) is 4.98 Å². The highest BCUT2D eigenvalue weighted by Gasteiger charge is 2.15. The third kappa shape index (κ3) is 7.14. The highest BCUT2D eigenvalue weighted by molar-refractivity contribution is 6.17. The number of rotatable bonds is 10. The molecule has 56 heavy (non-hydrogen) atoms. The molecular weight excluding hydrogens is 679 g/mol. The van der Waals surface area contributed by atoms with E-state index in [1.807, 2.05) is 43.5 Å². The van der Waals surface area contributed by atoms with E-state index in [-0.39, 0.29) is 0 Å². The summed E-state index contributed by atoms with van der Waals surface area (Å²) in [6.07, 6.45) is 17.0. The smallest absolute Gasteiger partial charge is 0.0794 e. The Bertz CT molecular complexity index is 2890. The van der Waals surface area contributed by atoms with Crippen molar-refractivity contribution in [1.29, 1.82) is 0 Å². The standard InChI is InChI=1S/C53H41N3/c1-4-13-41(37(5-2)17-11-28-54)30-36(3)45-32-46(34-47(33-45)43-16-10-15-42(31-43)44-18-12-29-55-35-44)38-22-24-40(25-23-38)52-49-20-8-9-21-51(49)56-53-48-19-7-6-14-39(48)26-27-50(52)53/h4-35H,2-3,54H2,1H3/b13-4-,28-11-,37-17+,41-30+. The summed E-state index contributed by atoms with van der Waals surface area (Å²) in [5.41, 5.74) is 20.5. The van der Waals surface area contributed by atoms with Gasteiger partial charge in [-0.1, -0.05) is 141 Å². The molecule has 0 amide bonds. The van der Waals surface area contributed by atoms with Crippen molar-refractivity contribution >= 4 is 38.2 Å². The van der Waals surface area contributed by atoms with E-state index in [0.717, 1.165) is 88.4 Å². The van der Waals surface area contributed by atoms with Crippen LogP contribution in [0.4, 0.5) is 0 Å². The molecule has 2 heterocycles. The molecule has 0 aliphatic heterocycles. The topological polar surface area (TPSA) is 51.8 Å². The van der Waals surface area contributed by atoms with Crippen molar-refractivity contribution < 1.29 is 0 Å². The summed E-state index contributed by atoms with van der Waals surface area (Å²) in [6.45, 7) is 10.6. The minimum Gasteiger partial charge on any atom is -0.405 e. The molecule has 0 bridgehead atoms. The Labute approximate surface area is 328 Å². The highest BCUT2D eigenvalue weighted by Crippen LogP contribution is 2.39. The summed E-state index contributed by atoms with van der Waals surface area (Å²) in [4.78, 5) is 9.53. The Kier molecular flexibility index (Phi) is 10.1. The van der Waals surface area contributed by atoms with Crippen LogP contribution in [0, 0.1) is 0 Å². The molecule has 0 saturated carbocycles. The number of hydrogen-bond donors (Lipinski definition) is 1. The zero-order chi connectivity index (χ0) is 38.4. The van der Waals surface area contributed by atoms with Gasteiger partial charge >= 0.3 is 0 Å². The lowest BCUT2D eigenvalue weighted by Crippen LogP contribution is -1.92. The summed E-state index contributed by atoms with van der Waals surface area (Å²) >= 11 is 0. The van der Waals surface area contributed by atoms with Crippen molar-refractivity contribution in [2.45, 2.75) is 6.92 Å². The Balaban J connectivity index is 1.27. The molecule has 8 rings (SSSR count). The fourth-order valence-electron chi connectivity index (χ4n) is 7.44. The highest BCUT2D eigenvalue weighted by atomic mass is 14.7. The van der Waals surface area contributed by atoms with Crippen LogP contribution in [-0.4, -0.2) is 9.97 Å². The summed E-state index contributed by atoms with van der Waals surface area (Å²) < 4.78 is 0. The van der Waals surface area contributed by atoms with E-state index in [1.165, 1.54) is 17.1 Å². The summed E-state index contributed by atoms with van der Waals surface area (Å²) in [5, 5.41) is 4.62. The van der Waals surface area contributed by atoms with E-state index < -0.39 is 0 Å². The minimum absolute atomic E-state index is 0.882.